The third-order valence-corrected chi connectivity index (χ3v) is 3.40. The van der Waals surface area contributed by atoms with Crippen LogP contribution in [0.2, 0.25) is 5.02 Å². The van der Waals surface area contributed by atoms with E-state index in [9.17, 15) is 0 Å². The van der Waals surface area contributed by atoms with Crippen molar-refractivity contribution in [2.75, 3.05) is 13.0 Å². The number of ether oxygens (including phenoxy) is 1. The Kier molecular flexibility index (Phi) is 3.75. The predicted octanol–water partition coefficient (Wildman–Crippen LogP) is 3.99. The molecule has 0 spiro atoms. The Hall–Kier alpha value is -0.990. The van der Waals surface area contributed by atoms with Crippen molar-refractivity contribution in [1.82, 2.24) is 4.98 Å². The van der Waals surface area contributed by atoms with Crippen molar-refractivity contribution in [3.05, 3.63) is 34.5 Å². The van der Waals surface area contributed by atoms with Crippen LogP contribution in [0, 0.1) is 6.92 Å². The number of hydrogen-bond donors (Lipinski definition) is 0. The smallest absolute Gasteiger partial charge is 0.119 e. The molecule has 0 atom stereocenters. The van der Waals surface area contributed by atoms with Gasteiger partial charge in [-0.05, 0) is 37.1 Å². The maximum atomic E-state index is 6.40. The molecule has 90 valence electrons. The Morgan fingerprint density at radius 1 is 1.35 bits per heavy atom. The second-order valence-corrected chi connectivity index (χ2v) is 4.57. The van der Waals surface area contributed by atoms with E-state index in [0.717, 1.165) is 39.4 Å². The molecule has 0 unspecified atom stereocenters. The lowest BCUT2D eigenvalue weighted by atomic mass is 10.1. The maximum absolute atomic E-state index is 6.40. The summed E-state index contributed by atoms with van der Waals surface area (Å²) in [5, 5.41) is 1.64. The number of pyridine rings is 1. The van der Waals surface area contributed by atoms with Crippen molar-refractivity contribution in [3.63, 3.8) is 0 Å². The standard InChI is InChI=1S/C13H13Cl2NO/c1-8-10(5-6-14)13(15)11-7-9(17-2)3-4-12(11)16-8/h3-4,7H,5-6H2,1-2H3. The molecule has 0 saturated heterocycles. The molecule has 0 radical (unpaired) electrons. The zero-order chi connectivity index (χ0) is 12.4. The van der Waals surface area contributed by atoms with Gasteiger partial charge in [-0.3, -0.25) is 4.98 Å². The van der Waals surface area contributed by atoms with Gasteiger partial charge in [0.05, 0.1) is 17.6 Å². The second kappa shape index (κ2) is 5.11. The summed E-state index contributed by atoms with van der Waals surface area (Å²) in [7, 11) is 1.64. The van der Waals surface area contributed by atoms with E-state index in [-0.39, 0.29) is 0 Å². The van der Waals surface area contributed by atoms with Crippen LogP contribution in [0.3, 0.4) is 0 Å². The lowest BCUT2D eigenvalue weighted by molar-refractivity contribution is 0.415. The molecule has 2 rings (SSSR count). The van der Waals surface area contributed by atoms with Crippen LogP contribution < -0.4 is 4.74 Å². The van der Waals surface area contributed by atoms with Crippen LogP contribution >= 0.6 is 23.2 Å². The number of rotatable bonds is 3. The molecule has 4 heteroatoms. The van der Waals surface area contributed by atoms with Crippen LogP contribution in [-0.4, -0.2) is 18.0 Å². The Bertz CT molecular complexity index is 555. The average Bonchev–Trinajstić information content (AvgIpc) is 2.34. The Labute approximate surface area is 111 Å². The minimum Gasteiger partial charge on any atom is -0.497 e. The highest BCUT2D eigenvalue weighted by Crippen LogP contribution is 2.31. The largest absolute Gasteiger partial charge is 0.497 e. The molecule has 0 aliphatic carbocycles. The molecule has 0 amide bonds. The van der Waals surface area contributed by atoms with Crippen LogP contribution in [0.4, 0.5) is 0 Å². The summed E-state index contributed by atoms with van der Waals surface area (Å²) in [5.41, 5.74) is 2.84. The quantitative estimate of drug-likeness (QED) is 0.787. The van der Waals surface area contributed by atoms with Gasteiger partial charge in [-0.15, -0.1) is 11.6 Å². The molecule has 17 heavy (non-hydrogen) atoms. The van der Waals surface area contributed by atoms with E-state index in [1.54, 1.807) is 7.11 Å². The van der Waals surface area contributed by atoms with Gasteiger partial charge in [0.1, 0.15) is 5.75 Å². The molecule has 2 nitrogen and oxygen atoms in total. The van der Waals surface area contributed by atoms with Gasteiger partial charge in [0.25, 0.3) is 0 Å². The van der Waals surface area contributed by atoms with Crippen molar-refractivity contribution in [3.8, 4) is 5.75 Å². The zero-order valence-corrected chi connectivity index (χ0v) is 11.3. The SMILES string of the molecule is COc1ccc2nc(C)c(CCCl)c(Cl)c2c1. The van der Waals surface area contributed by atoms with Crippen molar-refractivity contribution < 1.29 is 4.74 Å². The monoisotopic (exact) mass is 269 g/mol. The summed E-state index contributed by atoms with van der Waals surface area (Å²) in [4.78, 5) is 4.53. The van der Waals surface area contributed by atoms with Crippen LogP contribution in [0.15, 0.2) is 18.2 Å². The summed E-state index contributed by atoms with van der Waals surface area (Å²) in [6.45, 7) is 1.96. The molecule has 1 aromatic carbocycles. The van der Waals surface area contributed by atoms with E-state index in [1.807, 2.05) is 25.1 Å². The van der Waals surface area contributed by atoms with Gasteiger partial charge < -0.3 is 4.74 Å². The third-order valence-electron chi connectivity index (χ3n) is 2.77. The fraction of sp³-hybridized carbons (Fsp3) is 0.308. The van der Waals surface area contributed by atoms with Gasteiger partial charge in [-0.2, -0.15) is 0 Å². The van der Waals surface area contributed by atoms with E-state index in [0.29, 0.717) is 5.88 Å². The van der Waals surface area contributed by atoms with Crippen molar-refractivity contribution in [1.29, 1.82) is 0 Å². The minimum atomic E-state index is 0.539. The number of aryl methyl sites for hydroxylation is 1. The van der Waals surface area contributed by atoms with Crippen LogP contribution in [-0.2, 0) is 6.42 Å². The lowest BCUT2D eigenvalue weighted by Gasteiger charge is -2.10. The van der Waals surface area contributed by atoms with E-state index in [1.165, 1.54) is 0 Å². The fourth-order valence-electron chi connectivity index (χ4n) is 1.87. The number of nitrogens with zero attached hydrogens (tertiary/aromatic N) is 1. The van der Waals surface area contributed by atoms with Crippen molar-refractivity contribution in [2.45, 2.75) is 13.3 Å². The molecule has 1 heterocycles. The number of aromatic nitrogens is 1. The van der Waals surface area contributed by atoms with Gasteiger partial charge in [0.15, 0.2) is 0 Å². The number of hydrogen-bond acceptors (Lipinski definition) is 2. The number of methoxy groups -OCH3 is 1. The molecule has 0 saturated carbocycles. The summed E-state index contributed by atoms with van der Waals surface area (Å²) in [6, 6.07) is 5.70. The van der Waals surface area contributed by atoms with Crippen molar-refractivity contribution >= 4 is 34.1 Å². The average molecular weight is 270 g/mol. The van der Waals surface area contributed by atoms with E-state index in [4.69, 9.17) is 27.9 Å². The molecule has 1 aromatic heterocycles. The molecule has 0 aliphatic rings. The highest BCUT2D eigenvalue weighted by Gasteiger charge is 2.11. The first-order valence-electron chi connectivity index (χ1n) is 5.36. The Morgan fingerprint density at radius 3 is 2.76 bits per heavy atom. The summed E-state index contributed by atoms with van der Waals surface area (Å²) < 4.78 is 5.19. The molecule has 0 fully saturated rings. The summed E-state index contributed by atoms with van der Waals surface area (Å²) in [5.74, 6) is 1.32. The van der Waals surface area contributed by atoms with Gasteiger partial charge in [-0.25, -0.2) is 0 Å². The predicted molar refractivity (Wildman–Crippen MR) is 72.5 cm³/mol. The summed E-state index contributed by atoms with van der Waals surface area (Å²) >= 11 is 12.2. The maximum Gasteiger partial charge on any atom is 0.119 e. The number of halogens is 2. The van der Waals surface area contributed by atoms with Crippen LogP contribution in [0.5, 0.6) is 5.75 Å². The van der Waals surface area contributed by atoms with Gasteiger partial charge in [-0.1, -0.05) is 11.6 Å². The van der Waals surface area contributed by atoms with Crippen LogP contribution in [0.25, 0.3) is 10.9 Å². The minimum absolute atomic E-state index is 0.539. The molecular formula is C13H13Cl2NO. The highest BCUT2D eigenvalue weighted by molar-refractivity contribution is 6.36. The van der Waals surface area contributed by atoms with Crippen LogP contribution in [0.1, 0.15) is 11.3 Å². The first-order chi connectivity index (χ1) is 8.17. The van der Waals surface area contributed by atoms with Gasteiger partial charge in [0, 0.05) is 17.0 Å². The lowest BCUT2D eigenvalue weighted by Crippen LogP contribution is -1.97. The topological polar surface area (TPSA) is 22.1 Å². The first kappa shape index (κ1) is 12.5. The summed E-state index contributed by atoms with van der Waals surface area (Å²) in [6.07, 6.45) is 0.729. The molecule has 0 bridgehead atoms. The van der Waals surface area contributed by atoms with E-state index in [2.05, 4.69) is 4.98 Å². The zero-order valence-electron chi connectivity index (χ0n) is 9.76. The number of fused-ring (bicyclic) bond motifs is 1. The Balaban J connectivity index is 2.69. The van der Waals surface area contributed by atoms with Gasteiger partial charge in [0.2, 0.25) is 0 Å². The normalized spacial score (nSPS) is 10.8. The molecular weight excluding hydrogens is 257 g/mol. The third kappa shape index (κ3) is 2.33. The molecule has 0 N–H and O–H groups in total. The van der Waals surface area contributed by atoms with E-state index < -0.39 is 0 Å². The highest BCUT2D eigenvalue weighted by atomic mass is 35.5. The van der Waals surface area contributed by atoms with Gasteiger partial charge >= 0.3 is 0 Å². The van der Waals surface area contributed by atoms with E-state index >= 15 is 0 Å². The first-order valence-corrected chi connectivity index (χ1v) is 6.27. The number of benzene rings is 1. The Morgan fingerprint density at radius 2 is 2.12 bits per heavy atom. The molecule has 0 aliphatic heterocycles. The fourth-order valence-corrected chi connectivity index (χ4v) is 2.44. The molecule has 2 aromatic rings. The van der Waals surface area contributed by atoms with Crippen molar-refractivity contribution in [2.24, 2.45) is 0 Å². The second-order valence-electron chi connectivity index (χ2n) is 3.81. The number of alkyl halides is 1.